The van der Waals surface area contributed by atoms with Crippen LogP contribution in [0.25, 0.3) is 0 Å². The van der Waals surface area contributed by atoms with E-state index >= 15 is 0 Å². The van der Waals surface area contributed by atoms with E-state index in [9.17, 15) is 19.8 Å². The van der Waals surface area contributed by atoms with Gasteiger partial charge < -0.3 is 24.4 Å². The number of nitrogens with one attached hydrogen (secondary N) is 1. The fourth-order valence-electron chi connectivity index (χ4n) is 7.36. The number of nitrogens with zero attached hydrogens (tertiary/aromatic N) is 1. The third-order valence-corrected chi connectivity index (χ3v) is 9.90. The summed E-state index contributed by atoms with van der Waals surface area (Å²) in [5.41, 5.74) is -1.37. The van der Waals surface area contributed by atoms with E-state index < -0.39 is 47.8 Å². The van der Waals surface area contributed by atoms with Crippen molar-refractivity contribution in [3.05, 3.63) is 53.1 Å². The lowest BCUT2D eigenvalue weighted by molar-refractivity contribution is -0.221. The van der Waals surface area contributed by atoms with Gasteiger partial charge in [0.25, 0.3) is 0 Å². The van der Waals surface area contributed by atoms with Crippen LogP contribution in [-0.4, -0.2) is 66.1 Å². The van der Waals surface area contributed by atoms with Crippen molar-refractivity contribution >= 4 is 29.4 Å². The molecule has 0 amide bonds. The minimum absolute atomic E-state index is 0.0522. The summed E-state index contributed by atoms with van der Waals surface area (Å²) >= 11 is 6.41. The maximum atomic E-state index is 13.9. The molecule has 2 aliphatic heterocycles. The van der Waals surface area contributed by atoms with Crippen LogP contribution in [0.15, 0.2) is 42.5 Å². The molecule has 0 bridgehead atoms. The number of ether oxygens (including phenoxy) is 3. The van der Waals surface area contributed by atoms with Gasteiger partial charge in [-0.15, -0.1) is 0 Å². The standard InChI is InChI=1S/C31H41ClN2O8/c1-7-13-39-29(36)40-25-17(4)14-21-19(16(2)3)12-11-18(5)31(21,38)26(25)41-27(35)23-15-30(37)20-9-8-10-22(32)24(20)34(6)42-28(30)33-23/h7-10,14,16,18-19,21,23,25-26,28,33,37-38H,1,11-13,15H2,2-6H3/t18-,19+,21-,23+,25-,26+,28-,30-,31-/m1/s1. The first-order valence-electron chi connectivity index (χ1n) is 14.6. The highest BCUT2D eigenvalue weighted by molar-refractivity contribution is 6.33. The predicted molar refractivity (Wildman–Crippen MR) is 155 cm³/mol. The molecule has 1 saturated carbocycles. The highest BCUT2D eigenvalue weighted by Gasteiger charge is 2.62. The minimum Gasteiger partial charge on any atom is -0.454 e. The van der Waals surface area contributed by atoms with Gasteiger partial charge in [0.2, 0.25) is 0 Å². The molecule has 9 atom stereocenters. The molecular weight excluding hydrogens is 564 g/mol. The number of carbonyl (C=O) groups is 2. The van der Waals surface area contributed by atoms with Gasteiger partial charge in [0.15, 0.2) is 18.4 Å². The number of carbonyl (C=O) groups excluding carboxylic acids is 2. The summed E-state index contributed by atoms with van der Waals surface area (Å²) in [5, 5.41) is 29.2. The summed E-state index contributed by atoms with van der Waals surface area (Å²) in [7, 11) is 1.67. The molecule has 5 rings (SSSR count). The molecule has 42 heavy (non-hydrogen) atoms. The molecule has 3 N–H and O–H groups in total. The maximum Gasteiger partial charge on any atom is 0.509 e. The van der Waals surface area contributed by atoms with E-state index in [4.69, 9.17) is 30.6 Å². The van der Waals surface area contributed by atoms with Crippen molar-refractivity contribution in [1.82, 2.24) is 5.32 Å². The van der Waals surface area contributed by atoms with Crippen molar-refractivity contribution < 1.29 is 38.9 Å². The SMILES string of the molecule is C=CCOC(=O)O[C@@H]1C(C)=C[C@@H]2[C@H](C(C)C)CC[C@@H](C)[C@]2(O)[C@H]1OC(=O)[C@@H]1C[C@@]2(O)c3cccc(Cl)c3N(C)O[C@H]2N1. The van der Waals surface area contributed by atoms with E-state index in [1.165, 1.54) is 11.1 Å². The van der Waals surface area contributed by atoms with E-state index in [-0.39, 0.29) is 36.7 Å². The lowest BCUT2D eigenvalue weighted by Gasteiger charge is -2.55. The van der Waals surface area contributed by atoms with Crippen molar-refractivity contribution in [3.8, 4) is 0 Å². The van der Waals surface area contributed by atoms with Gasteiger partial charge in [-0.3, -0.25) is 20.0 Å². The first kappa shape index (κ1) is 30.8. The Bertz CT molecular complexity index is 1270. The maximum absolute atomic E-state index is 13.9. The van der Waals surface area contributed by atoms with E-state index in [1.54, 1.807) is 32.2 Å². The Balaban J connectivity index is 1.47. The number of anilines is 1. The molecule has 1 aromatic rings. The molecule has 0 aromatic heterocycles. The summed E-state index contributed by atoms with van der Waals surface area (Å²) in [6, 6.07) is 4.19. The zero-order valence-electron chi connectivity index (χ0n) is 24.7. The highest BCUT2D eigenvalue weighted by Crippen LogP contribution is 2.53. The number of hydrogen-bond donors (Lipinski definition) is 3. The molecule has 1 aromatic carbocycles. The number of benzene rings is 1. The Hall–Kier alpha value is -2.63. The minimum atomic E-state index is -1.57. The summed E-state index contributed by atoms with van der Waals surface area (Å²) in [6.45, 7) is 11.5. The van der Waals surface area contributed by atoms with Crippen LogP contribution in [0, 0.1) is 23.7 Å². The van der Waals surface area contributed by atoms with Crippen molar-refractivity contribution in [2.45, 2.75) is 82.6 Å². The highest BCUT2D eigenvalue weighted by atomic mass is 35.5. The number of para-hydroxylation sites is 1. The molecule has 230 valence electrons. The summed E-state index contributed by atoms with van der Waals surface area (Å²) < 4.78 is 16.9. The Kier molecular flexibility index (Phi) is 8.41. The van der Waals surface area contributed by atoms with Crippen LogP contribution in [-0.2, 0) is 29.4 Å². The number of fused-ring (bicyclic) bond motifs is 4. The van der Waals surface area contributed by atoms with Crippen molar-refractivity contribution in [2.75, 3.05) is 18.7 Å². The normalized spacial score (nSPS) is 37.2. The number of rotatable bonds is 6. The second-order valence-corrected chi connectivity index (χ2v) is 12.8. The molecule has 2 heterocycles. The van der Waals surface area contributed by atoms with Gasteiger partial charge >= 0.3 is 12.1 Å². The fourth-order valence-corrected chi connectivity index (χ4v) is 7.65. The summed E-state index contributed by atoms with van der Waals surface area (Å²) in [6.07, 6.45) is 0.762. The Morgan fingerprint density at radius 2 is 2.02 bits per heavy atom. The van der Waals surface area contributed by atoms with Crippen LogP contribution in [0.4, 0.5) is 10.5 Å². The number of hydrogen-bond acceptors (Lipinski definition) is 10. The zero-order valence-corrected chi connectivity index (χ0v) is 25.5. The van der Waals surface area contributed by atoms with E-state index in [1.807, 2.05) is 13.0 Å². The molecule has 2 aliphatic carbocycles. The second kappa shape index (κ2) is 11.5. The number of halogens is 1. The Morgan fingerprint density at radius 1 is 1.29 bits per heavy atom. The summed E-state index contributed by atoms with van der Waals surface area (Å²) in [4.78, 5) is 32.4. The Morgan fingerprint density at radius 3 is 2.71 bits per heavy atom. The molecular formula is C31H41ClN2O8. The number of hydroxylamine groups is 1. The number of esters is 1. The van der Waals surface area contributed by atoms with Gasteiger partial charge in [0.1, 0.15) is 23.9 Å². The van der Waals surface area contributed by atoms with Crippen LogP contribution < -0.4 is 10.4 Å². The van der Waals surface area contributed by atoms with Crippen LogP contribution in [0.5, 0.6) is 0 Å². The van der Waals surface area contributed by atoms with Crippen LogP contribution in [0.3, 0.4) is 0 Å². The topological polar surface area (TPSA) is 127 Å². The summed E-state index contributed by atoms with van der Waals surface area (Å²) in [5.74, 6) is -0.887. The largest absolute Gasteiger partial charge is 0.509 e. The van der Waals surface area contributed by atoms with E-state index in [0.717, 1.165) is 6.42 Å². The van der Waals surface area contributed by atoms with Crippen LogP contribution in [0.1, 0.15) is 52.5 Å². The second-order valence-electron chi connectivity index (χ2n) is 12.4. The lowest BCUT2D eigenvalue weighted by atomic mass is 9.56. The smallest absolute Gasteiger partial charge is 0.454 e. The first-order valence-corrected chi connectivity index (χ1v) is 14.9. The van der Waals surface area contributed by atoms with E-state index in [0.29, 0.717) is 28.3 Å². The van der Waals surface area contributed by atoms with Gasteiger partial charge in [-0.25, -0.2) is 4.79 Å². The van der Waals surface area contributed by atoms with Gasteiger partial charge in [-0.05, 0) is 49.2 Å². The van der Waals surface area contributed by atoms with Crippen molar-refractivity contribution in [3.63, 3.8) is 0 Å². The fraction of sp³-hybridized carbons (Fsp3) is 0.613. The molecule has 0 unspecified atom stereocenters. The van der Waals surface area contributed by atoms with Crippen LogP contribution >= 0.6 is 11.6 Å². The molecule has 0 radical (unpaired) electrons. The van der Waals surface area contributed by atoms with Gasteiger partial charge in [0.05, 0.1) is 10.7 Å². The molecule has 11 heteroatoms. The predicted octanol–water partition coefficient (Wildman–Crippen LogP) is 4.23. The molecule has 2 fully saturated rings. The Labute approximate surface area is 251 Å². The molecule has 4 aliphatic rings. The zero-order chi connectivity index (χ0) is 30.6. The molecule has 0 spiro atoms. The quantitative estimate of drug-likeness (QED) is 0.321. The van der Waals surface area contributed by atoms with Gasteiger partial charge in [-0.2, -0.15) is 0 Å². The third-order valence-electron chi connectivity index (χ3n) is 9.60. The van der Waals surface area contributed by atoms with Crippen LogP contribution in [0.2, 0.25) is 5.02 Å². The first-order chi connectivity index (χ1) is 19.8. The molecule has 10 nitrogen and oxygen atoms in total. The average molecular weight is 605 g/mol. The monoisotopic (exact) mass is 604 g/mol. The lowest BCUT2D eigenvalue weighted by Crippen LogP contribution is -2.66. The van der Waals surface area contributed by atoms with Gasteiger partial charge in [0, 0.05) is 24.9 Å². The van der Waals surface area contributed by atoms with Crippen molar-refractivity contribution in [1.29, 1.82) is 0 Å². The molecule has 1 saturated heterocycles. The van der Waals surface area contributed by atoms with Crippen molar-refractivity contribution in [2.24, 2.45) is 23.7 Å². The van der Waals surface area contributed by atoms with Gasteiger partial charge in [-0.1, -0.05) is 63.2 Å². The third kappa shape index (κ3) is 5.01. The van der Waals surface area contributed by atoms with E-state index in [2.05, 4.69) is 25.7 Å². The number of aliphatic hydroxyl groups is 2. The average Bonchev–Trinajstić information content (AvgIpc) is 3.28.